The van der Waals surface area contributed by atoms with Gasteiger partial charge in [0.1, 0.15) is 17.3 Å². The zero-order valence-electron chi connectivity index (χ0n) is 16.4. The van der Waals surface area contributed by atoms with E-state index >= 15 is 0 Å². The number of aromatic amines is 1. The number of benzene rings is 2. The Balaban J connectivity index is 1.72. The van der Waals surface area contributed by atoms with Crippen molar-refractivity contribution in [2.24, 2.45) is 0 Å². The van der Waals surface area contributed by atoms with E-state index in [1.165, 1.54) is 18.2 Å². The first kappa shape index (κ1) is 19.6. The van der Waals surface area contributed by atoms with Crippen molar-refractivity contribution >= 4 is 11.1 Å². The van der Waals surface area contributed by atoms with E-state index in [-0.39, 0.29) is 22.9 Å². The van der Waals surface area contributed by atoms with E-state index in [0.29, 0.717) is 12.0 Å². The van der Waals surface area contributed by atoms with Crippen LogP contribution < -0.4 is 15.9 Å². The summed E-state index contributed by atoms with van der Waals surface area (Å²) in [6, 6.07) is 15.0. The SMILES string of the molecule is CCc1cc(=O)oc2nc(OC(C)c3ccccc3-c3ccc(F)cc3)[nH]c(=O)c12. The van der Waals surface area contributed by atoms with Crippen molar-refractivity contribution in [1.82, 2.24) is 9.97 Å². The summed E-state index contributed by atoms with van der Waals surface area (Å²) in [5.41, 5.74) is 2.03. The zero-order valence-corrected chi connectivity index (χ0v) is 16.4. The summed E-state index contributed by atoms with van der Waals surface area (Å²) in [6.07, 6.45) is 0.00190. The highest BCUT2D eigenvalue weighted by molar-refractivity contribution is 5.75. The van der Waals surface area contributed by atoms with Crippen LogP contribution in [0.15, 0.2) is 68.6 Å². The van der Waals surface area contributed by atoms with Crippen LogP contribution in [0, 0.1) is 5.82 Å². The molecule has 1 N–H and O–H groups in total. The van der Waals surface area contributed by atoms with E-state index in [1.54, 1.807) is 12.1 Å². The van der Waals surface area contributed by atoms with Gasteiger partial charge in [-0.05, 0) is 47.7 Å². The van der Waals surface area contributed by atoms with Gasteiger partial charge in [0.15, 0.2) is 0 Å². The van der Waals surface area contributed by atoms with Crippen molar-refractivity contribution < 1.29 is 13.5 Å². The Kier molecular flexibility index (Phi) is 5.18. The average molecular weight is 406 g/mol. The first-order valence-corrected chi connectivity index (χ1v) is 9.55. The number of aromatic nitrogens is 2. The van der Waals surface area contributed by atoms with Gasteiger partial charge in [-0.15, -0.1) is 0 Å². The topological polar surface area (TPSA) is 85.2 Å². The molecule has 0 aliphatic heterocycles. The number of nitrogens with one attached hydrogen (secondary N) is 1. The predicted octanol–water partition coefficient (Wildman–Crippen LogP) is 4.38. The van der Waals surface area contributed by atoms with E-state index in [4.69, 9.17) is 9.15 Å². The van der Waals surface area contributed by atoms with E-state index in [2.05, 4.69) is 9.97 Å². The summed E-state index contributed by atoms with van der Waals surface area (Å²) >= 11 is 0. The van der Waals surface area contributed by atoms with Crippen LogP contribution in [-0.4, -0.2) is 9.97 Å². The molecular weight excluding hydrogens is 387 g/mol. The third-order valence-corrected chi connectivity index (χ3v) is 4.90. The quantitative estimate of drug-likeness (QED) is 0.531. The molecule has 0 aliphatic rings. The first-order chi connectivity index (χ1) is 14.5. The molecule has 0 aliphatic carbocycles. The van der Waals surface area contributed by atoms with Gasteiger partial charge in [0.05, 0.1) is 0 Å². The Hall–Kier alpha value is -3.74. The molecule has 1 unspecified atom stereocenters. The number of fused-ring (bicyclic) bond motifs is 1. The minimum Gasteiger partial charge on any atom is -0.457 e. The third kappa shape index (κ3) is 3.74. The molecule has 2 aromatic carbocycles. The van der Waals surface area contributed by atoms with E-state index < -0.39 is 17.3 Å². The molecule has 4 aromatic rings. The van der Waals surface area contributed by atoms with Crippen LogP contribution in [0.1, 0.15) is 31.1 Å². The van der Waals surface area contributed by atoms with Crippen LogP contribution in [0.5, 0.6) is 6.01 Å². The van der Waals surface area contributed by atoms with Gasteiger partial charge in [-0.3, -0.25) is 9.78 Å². The molecule has 7 heteroatoms. The molecule has 1 atom stereocenters. The van der Waals surface area contributed by atoms with E-state index in [0.717, 1.165) is 16.7 Å². The highest BCUT2D eigenvalue weighted by Gasteiger charge is 2.17. The van der Waals surface area contributed by atoms with Crippen LogP contribution in [0.25, 0.3) is 22.2 Å². The normalized spacial score (nSPS) is 12.1. The number of hydrogen-bond donors (Lipinski definition) is 1. The monoisotopic (exact) mass is 406 g/mol. The maximum Gasteiger partial charge on any atom is 0.337 e. The molecule has 2 aromatic heterocycles. The second kappa shape index (κ2) is 7.94. The maximum atomic E-state index is 13.3. The lowest BCUT2D eigenvalue weighted by Crippen LogP contribution is -2.16. The predicted molar refractivity (Wildman–Crippen MR) is 111 cm³/mol. The highest BCUT2D eigenvalue weighted by Crippen LogP contribution is 2.30. The number of halogens is 1. The van der Waals surface area contributed by atoms with Crippen molar-refractivity contribution in [2.45, 2.75) is 26.4 Å². The van der Waals surface area contributed by atoms with Crippen molar-refractivity contribution in [3.8, 4) is 17.1 Å². The van der Waals surface area contributed by atoms with Gasteiger partial charge < -0.3 is 9.15 Å². The summed E-state index contributed by atoms with van der Waals surface area (Å²) in [5.74, 6) is -0.314. The smallest absolute Gasteiger partial charge is 0.337 e. The van der Waals surface area contributed by atoms with E-state index in [9.17, 15) is 14.0 Å². The molecule has 152 valence electrons. The lowest BCUT2D eigenvalue weighted by Gasteiger charge is -2.18. The Labute approximate surface area is 171 Å². The molecule has 0 saturated heterocycles. The number of ether oxygens (including phenoxy) is 1. The number of rotatable bonds is 5. The minimum absolute atomic E-state index is 0.0506. The molecule has 6 nitrogen and oxygen atoms in total. The summed E-state index contributed by atoms with van der Waals surface area (Å²) in [6.45, 7) is 3.65. The molecular formula is C23H19FN2O4. The van der Waals surface area contributed by atoms with Crippen LogP contribution in [0.4, 0.5) is 4.39 Å². The lowest BCUT2D eigenvalue weighted by molar-refractivity contribution is 0.207. The summed E-state index contributed by atoms with van der Waals surface area (Å²) in [7, 11) is 0. The number of H-pyrrole nitrogens is 1. The Morgan fingerprint density at radius 3 is 2.60 bits per heavy atom. The van der Waals surface area contributed by atoms with Gasteiger partial charge in [0, 0.05) is 6.07 Å². The Morgan fingerprint density at radius 2 is 1.87 bits per heavy atom. The van der Waals surface area contributed by atoms with Crippen LogP contribution in [-0.2, 0) is 6.42 Å². The largest absolute Gasteiger partial charge is 0.457 e. The molecule has 2 heterocycles. The van der Waals surface area contributed by atoms with Crippen LogP contribution >= 0.6 is 0 Å². The van der Waals surface area contributed by atoms with Crippen molar-refractivity contribution in [2.75, 3.05) is 0 Å². The Bertz CT molecular complexity index is 1330. The maximum absolute atomic E-state index is 13.3. The van der Waals surface area contributed by atoms with Gasteiger partial charge in [0.2, 0.25) is 5.71 Å². The summed E-state index contributed by atoms with van der Waals surface area (Å²) in [4.78, 5) is 31.1. The van der Waals surface area contributed by atoms with Crippen molar-refractivity contribution in [3.05, 3.63) is 92.3 Å². The molecule has 0 saturated carbocycles. The fourth-order valence-corrected chi connectivity index (χ4v) is 3.44. The fourth-order valence-electron chi connectivity index (χ4n) is 3.44. The lowest BCUT2D eigenvalue weighted by atomic mass is 9.97. The molecule has 0 spiro atoms. The highest BCUT2D eigenvalue weighted by atomic mass is 19.1. The van der Waals surface area contributed by atoms with Gasteiger partial charge >= 0.3 is 5.63 Å². The number of nitrogens with zero attached hydrogens (tertiary/aromatic N) is 1. The molecule has 0 radical (unpaired) electrons. The van der Waals surface area contributed by atoms with Crippen LogP contribution in [0.3, 0.4) is 0 Å². The second-order valence-electron chi connectivity index (χ2n) is 6.85. The van der Waals surface area contributed by atoms with Gasteiger partial charge in [-0.2, -0.15) is 4.98 Å². The van der Waals surface area contributed by atoms with Gasteiger partial charge in [-0.25, -0.2) is 9.18 Å². The molecule has 0 amide bonds. The summed E-state index contributed by atoms with van der Waals surface area (Å²) < 4.78 is 24.3. The minimum atomic E-state index is -0.571. The van der Waals surface area contributed by atoms with Crippen LogP contribution in [0.2, 0.25) is 0 Å². The van der Waals surface area contributed by atoms with Gasteiger partial charge in [-0.1, -0.05) is 43.3 Å². The molecule has 4 rings (SSSR count). The van der Waals surface area contributed by atoms with E-state index in [1.807, 2.05) is 38.1 Å². The van der Waals surface area contributed by atoms with Crippen molar-refractivity contribution in [1.29, 1.82) is 0 Å². The van der Waals surface area contributed by atoms with Gasteiger partial charge in [0.25, 0.3) is 11.6 Å². The zero-order chi connectivity index (χ0) is 21.3. The number of hydrogen-bond acceptors (Lipinski definition) is 5. The standard InChI is InChI=1S/C23H19FN2O4/c1-3-14-12-19(27)30-22-20(14)21(28)25-23(26-22)29-13(2)17-6-4-5-7-18(17)15-8-10-16(24)11-9-15/h4-13H,3H2,1-2H3,(H,25,26,28). The summed E-state index contributed by atoms with van der Waals surface area (Å²) in [5, 5.41) is 0.240. The molecule has 30 heavy (non-hydrogen) atoms. The second-order valence-corrected chi connectivity index (χ2v) is 6.85. The first-order valence-electron chi connectivity index (χ1n) is 9.55. The number of aryl methyl sites for hydroxylation is 1. The van der Waals surface area contributed by atoms with Crippen molar-refractivity contribution in [3.63, 3.8) is 0 Å². The molecule has 0 bridgehead atoms. The Morgan fingerprint density at radius 1 is 1.13 bits per heavy atom. The average Bonchev–Trinajstić information content (AvgIpc) is 2.73. The third-order valence-electron chi connectivity index (χ3n) is 4.90. The molecule has 0 fully saturated rings. The fraction of sp³-hybridized carbons (Fsp3) is 0.174.